The summed E-state index contributed by atoms with van der Waals surface area (Å²) in [4.78, 5) is 25.5. The zero-order valence-electron chi connectivity index (χ0n) is 40.4. The molecule has 0 radical (unpaired) electrons. The maximum atomic E-state index is 12.9. The van der Waals surface area contributed by atoms with Gasteiger partial charge in [0.2, 0.25) is 0 Å². The van der Waals surface area contributed by atoms with Gasteiger partial charge in [-0.25, -0.2) is 0 Å². The summed E-state index contributed by atoms with van der Waals surface area (Å²) in [5.41, 5.74) is 0. The number of carbonyl (C=O) groups excluding carboxylic acids is 2. The van der Waals surface area contributed by atoms with Gasteiger partial charge in [-0.3, -0.25) is 14.1 Å². The standard InChI is InChI=1S/C51H94O12S/c1-3-5-7-9-11-13-15-17-19-21-22-24-26-28-30-32-34-36-38-40-47(53)62-44(42-61-51-50(56)49(55)48(54)45(63-51)43-64(57,58)59)41-60-46(52)39-37-35-33-31-29-27-25-23-20-18-16-14-12-10-8-6-4-2/h12,14,18,20,44-45,48-51,54-56H,3-11,13,15-17,19,21-43H2,1-2H3,(H,57,58,59)/b14-12+,20-18+/t44-,45-,48-,49?,50?,51+/m1/s1. The van der Waals surface area contributed by atoms with E-state index in [4.69, 9.17) is 18.9 Å². The molecule has 0 aromatic heterocycles. The molecule has 6 atom stereocenters. The van der Waals surface area contributed by atoms with Crippen LogP contribution in [0.2, 0.25) is 0 Å². The van der Waals surface area contributed by atoms with E-state index in [2.05, 4.69) is 38.2 Å². The molecule has 1 fully saturated rings. The average Bonchev–Trinajstić information content (AvgIpc) is 3.26. The third-order valence-electron chi connectivity index (χ3n) is 12.0. The highest BCUT2D eigenvalue weighted by Crippen LogP contribution is 2.24. The van der Waals surface area contributed by atoms with Gasteiger partial charge in [0.1, 0.15) is 36.8 Å². The SMILES string of the molecule is CCCCC/C=C/C/C=C/CCCCCCCCCC(=O)OC[C@H](CO[C@H]1O[C@H](CS(=O)(=O)O)[C@@H](O)C(O)C1O)OC(=O)CCCCCCCCCCCCCCCCCCCCC. The number of rotatable bonds is 44. The minimum absolute atomic E-state index is 0.167. The van der Waals surface area contributed by atoms with Gasteiger partial charge in [0, 0.05) is 12.8 Å². The highest BCUT2D eigenvalue weighted by atomic mass is 32.2. The van der Waals surface area contributed by atoms with E-state index in [1.54, 1.807) is 0 Å². The molecular weight excluding hydrogens is 837 g/mol. The predicted octanol–water partition coefficient (Wildman–Crippen LogP) is 11.6. The first-order chi connectivity index (χ1) is 31.0. The van der Waals surface area contributed by atoms with Crippen LogP contribution in [0.4, 0.5) is 0 Å². The van der Waals surface area contributed by atoms with E-state index < -0.39 is 71.2 Å². The van der Waals surface area contributed by atoms with Gasteiger partial charge in [0.05, 0.1) is 6.61 Å². The van der Waals surface area contributed by atoms with Crippen molar-refractivity contribution in [3.63, 3.8) is 0 Å². The highest BCUT2D eigenvalue weighted by Gasteiger charge is 2.46. The molecule has 0 spiro atoms. The lowest BCUT2D eigenvalue weighted by atomic mass is 10.00. The Morgan fingerprint density at radius 3 is 1.41 bits per heavy atom. The first-order valence-corrected chi connectivity index (χ1v) is 27.5. The topological polar surface area (TPSA) is 186 Å². The quantitative estimate of drug-likeness (QED) is 0.0196. The Labute approximate surface area is 389 Å². The number of carbonyl (C=O) groups is 2. The maximum Gasteiger partial charge on any atom is 0.306 e. The second-order valence-electron chi connectivity index (χ2n) is 18.2. The van der Waals surface area contributed by atoms with Crippen molar-refractivity contribution in [1.29, 1.82) is 0 Å². The monoisotopic (exact) mass is 931 g/mol. The third-order valence-corrected chi connectivity index (χ3v) is 12.8. The second kappa shape index (κ2) is 41.3. The third kappa shape index (κ3) is 35.3. The molecule has 4 N–H and O–H groups in total. The van der Waals surface area contributed by atoms with Gasteiger partial charge in [-0.2, -0.15) is 8.42 Å². The lowest BCUT2D eigenvalue weighted by Crippen LogP contribution is -2.60. The smallest absolute Gasteiger partial charge is 0.306 e. The van der Waals surface area contributed by atoms with Crippen LogP contribution in [0.15, 0.2) is 24.3 Å². The van der Waals surface area contributed by atoms with Gasteiger partial charge < -0.3 is 34.3 Å². The van der Waals surface area contributed by atoms with Crippen molar-refractivity contribution in [2.75, 3.05) is 19.0 Å². The Morgan fingerprint density at radius 1 is 0.531 bits per heavy atom. The molecule has 1 heterocycles. The molecule has 0 aromatic carbocycles. The Kier molecular flexibility index (Phi) is 38.8. The van der Waals surface area contributed by atoms with E-state index in [0.717, 1.165) is 57.8 Å². The average molecular weight is 931 g/mol. The fourth-order valence-electron chi connectivity index (χ4n) is 8.00. The highest BCUT2D eigenvalue weighted by molar-refractivity contribution is 7.85. The van der Waals surface area contributed by atoms with Crippen molar-refractivity contribution in [2.45, 2.75) is 269 Å². The molecule has 0 bridgehead atoms. The molecule has 376 valence electrons. The molecule has 0 aromatic rings. The Hall–Kier alpha value is -1.87. The van der Waals surface area contributed by atoms with Crippen LogP contribution in [-0.4, -0.2) is 96.0 Å². The number of ether oxygens (including phenoxy) is 4. The van der Waals surface area contributed by atoms with Crippen molar-refractivity contribution in [3.05, 3.63) is 24.3 Å². The molecule has 64 heavy (non-hydrogen) atoms. The molecule has 1 saturated heterocycles. The molecule has 1 aliphatic rings. The molecule has 12 nitrogen and oxygen atoms in total. The summed E-state index contributed by atoms with van der Waals surface area (Å²) in [5, 5.41) is 31.0. The van der Waals surface area contributed by atoms with Gasteiger partial charge in [0.15, 0.2) is 12.4 Å². The summed E-state index contributed by atoms with van der Waals surface area (Å²) in [6.45, 7) is 3.77. The Balaban J connectivity index is 2.37. The zero-order valence-corrected chi connectivity index (χ0v) is 41.2. The van der Waals surface area contributed by atoms with Crippen LogP contribution in [0.3, 0.4) is 0 Å². The molecule has 1 aliphatic heterocycles. The number of allylic oxidation sites excluding steroid dienone is 4. The van der Waals surface area contributed by atoms with E-state index in [1.807, 2.05) is 0 Å². The second-order valence-corrected chi connectivity index (χ2v) is 19.7. The van der Waals surface area contributed by atoms with Gasteiger partial charge in [0.25, 0.3) is 10.1 Å². The summed E-state index contributed by atoms with van der Waals surface area (Å²) in [7, 11) is -4.60. The van der Waals surface area contributed by atoms with Crippen LogP contribution >= 0.6 is 0 Å². The summed E-state index contributed by atoms with van der Waals surface area (Å²) < 4.78 is 54.2. The Bertz CT molecular complexity index is 1270. The lowest BCUT2D eigenvalue weighted by Gasteiger charge is -2.40. The van der Waals surface area contributed by atoms with E-state index >= 15 is 0 Å². The van der Waals surface area contributed by atoms with Gasteiger partial charge >= 0.3 is 11.9 Å². The van der Waals surface area contributed by atoms with Gasteiger partial charge in [-0.1, -0.05) is 199 Å². The number of aliphatic hydroxyl groups excluding tert-OH is 3. The fourth-order valence-corrected chi connectivity index (χ4v) is 8.69. The number of aliphatic hydroxyl groups is 3. The minimum Gasteiger partial charge on any atom is -0.462 e. The lowest BCUT2D eigenvalue weighted by molar-refractivity contribution is -0.297. The van der Waals surface area contributed by atoms with Crippen LogP contribution in [-0.2, 0) is 38.7 Å². The first kappa shape index (κ1) is 60.1. The van der Waals surface area contributed by atoms with Crippen LogP contribution in [0.5, 0.6) is 0 Å². The molecule has 0 amide bonds. The molecular formula is C51H94O12S. The molecule has 13 heteroatoms. The first-order valence-electron chi connectivity index (χ1n) is 25.9. The van der Waals surface area contributed by atoms with Crippen LogP contribution < -0.4 is 0 Å². The summed E-state index contributed by atoms with van der Waals surface area (Å²) >= 11 is 0. The largest absolute Gasteiger partial charge is 0.462 e. The molecule has 0 saturated carbocycles. The van der Waals surface area contributed by atoms with Crippen LogP contribution in [0.25, 0.3) is 0 Å². The molecule has 0 aliphatic carbocycles. The van der Waals surface area contributed by atoms with Crippen molar-refractivity contribution in [3.8, 4) is 0 Å². The van der Waals surface area contributed by atoms with Crippen LogP contribution in [0, 0.1) is 0 Å². The predicted molar refractivity (Wildman–Crippen MR) is 256 cm³/mol. The van der Waals surface area contributed by atoms with Gasteiger partial charge in [-0.05, 0) is 44.9 Å². The number of unbranched alkanes of at least 4 members (excludes halogenated alkanes) is 28. The molecule has 1 rings (SSSR count). The van der Waals surface area contributed by atoms with E-state index in [0.29, 0.717) is 12.8 Å². The maximum absolute atomic E-state index is 12.9. The summed E-state index contributed by atoms with van der Waals surface area (Å²) in [5.74, 6) is -1.98. The van der Waals surface area contributed by atoms with E-state index in [-0.39, 0.29) is 19.4 Å². The molecule has 2 unspecified atom stereocenters. The Morgan fingerprint density at radius 2 is 0.938 bits per heavy atom. The minimum atomic E-state index is -4.60. The number of hydrogen-bond donors (Lipinski definition) is 4. The van der Waals surface area contributed by atoms with Crippen LogP contribution in [0.1, 0.15) is 232 Å². The summed E-state index contributed by atoms with van der Waals surface area (Å²) in [6.07, 6.45) is 37.8. The van der Waals surface area contributed by atoms with Crippen molar-refractivity contribution >= 4 is 22.1 Å². The zero-order chi connectivity index (χ0) is 46.9. The summed E-state index contributed by atoms with van der Waals surface area (Å²) in [6, 6.07) is 0. The van der Waals surface area contributed by atoms with Crippen molar-refractivity contribution < 1.29 is 56.8 Å². The number of esters is 2. The van der Waals surface area contributed by atoms with E-state index in [1.165, 1.54) is 135 Å². The van der Waals surface area contributed by atoms with Gasteiger partial charge in [-0.15, -0.1) is 0 Å². The van der Waals surface area contributed by atoms with Crippen molar-refractivity contribution in [2.24, 2.45) is 0 Å². The van der Waals surface area contributed by atoms with Crippen molar-refractivity contribution in [1.82, 2.24) is 0 Å². The fraction of sp³-hybridized carbons (Fsp3) is 0.882. The van der Waals surface area contributed by atoms with E-state index in [9.17, 15) is 37.9 Å². The number of hydrogen-bond acceptors (Lipinski definition) is 11. The normalized spacial score (nSPS) is 19.8.